The second-order valence-corrected chi connectivity index (χ2v) is 24.8. The number of alkyl halides is 3. The maximum Gasteiger partial charge on any atom is 0.407 e. The van der Waals surface area contributed by atoms with Gasteiger partial charge in [-0.05, 0) is 59.0 Å². The van der Waals surface area contributed by atoms with Crippen LogP contribution in [0.25, 0.3) is 0 Å². The van der Waals surface area contributed by atoms with Gasteiger partial charge in [-0.15, -0.1) is 0 Å². The Labute approximate surface area is 555 Å². The Morgan fingerprint density at radius 3 is 1.34 bits per heavy atom. The molecule has 498 valence electrons. The molecule has 3 aliphatic heterocycles. The van der Waals surface area contributed by atoms with Crippen molar-refractivity contribution in [3.63, 3.8) is 0 Å². The van der Waals surface area contributed by atoms with Crippen LogP contribution in [0, 0.1) is 0 Å². The van der Waals surface area contributed by atoms with Crippen molar-refractivity contribution in [2.24, 2.45) is 0 Å². The second kappa shape index (κ2) is 35.0. The highest BCUT2D eigenvalue weighted by Crippen LogP contribution is 2.39. The third-order valence-corrected chi connectivity index (χ3v) is 15.5. The third-order valence-electron chi connectivity index (χ3n) is 15.2. The van der Waals surface area contributed by atoms with E-state index >= 15 is 0 Å². The Kier molecular flexibility index (Phi) is 26.5. The van der Waals surface area contributed by atoms with Crippen molar-refractivity contribution in [3.05, 3.63) is 204 Å². The van der Waals surface area contributed by atoms with E-state index < -0.39 is 126 Å². The average molecular weight is 1340 g/mol. The molecular weight excluding hydrogens is 1270 g/mol. The van der Waals surface area contributed by atoms with Crippen molar-refractivity contribution in [1.82, 2.24) is 10.6 Å². The number of nitrogens with one attached hydrogen (secondary N) is 2. The van der Waals surface area contributed by atoms with Gasteiger partial charge in [-0.2, -0.15) is 0 Å². The van der Waals surface area contributed by atoms with Crippen LogP contribution in [-0.4, -0.2) is 147 Å². The number of carbonyl (C=O) groups is 4. The molecule has 3 aliphatic rings. The third kappa shape index (κ3) is 21.3. The lowest BCUT2D eigenvalue weighted by Crippen LogP contribution is -2.72. The number of halogens is 3. The van der Waals surface area contributed by atoms with Crippen LogP contribution in [-0.2, 0) is 109 Å². The highest BCUT2D eigenvalue weighted by Gasteiger charge is 2.58. The van der Waals surface area contributed by atoms with E-state index in [1.165, 1.54) is 14.0 Å². The van der Waals surface area contributed by atoms with E-state index in [0.29, 0.717) is 11.5 Å². The van der Waals surface area contributed by atoms with Crippen LogP contribution in [0.2, 0.25) is 0 Å². The first kappa shape index (κ1) is 70.4. The molecule has 0 unspecified atom stereocenters. The molecule has 24 heteroatoms. The zero-order chi connectivity index (χ0) is 65.7. The highest BCUT2D eigenvalue weighted by atomic mass is 35.6. The van der Waals surface area contributed by atoms with Crippen LogP contribution in [0.15, 0.2) is 176 Å². The van der Waals surface area contributed by atoms with Gasteiger partial charge < -0.3 is 81.7 Å². The maximum atomic E-state index is 14.1. The van der Waals surface area contributed by atoms with Gasteiger partial charge in [-0.1, -0.05) is 186 Å². The first-order chi connectivity index (χ1) is 45.0. The average Bonchev–Trinajstić information content (AvgIpc) is 0.789. The second-order valence-electron chi connectivity index (χ2n) is 22.3. The molecule has 6 aromatic carbocycles. The molecule has 3 saturated heterocycles. The minimum Gasteiger partial charge on any atom is -0.497 e. The number of alkyl carbamates (subject to hydrolysis) is 1. The van der Waals surface area contributed by atoms with Gasteiger partial charge in [0.15, 0.2) is 24.8 Å². The van der Waals surface area contributed by atoms with E-state index in [4.69, 9.17) is 106 Å². The lowest BCUT2D eigenvalue weighted by Gasteiger charge is -2.52. The zero-order valence-electron chi connectivity index (χ0n) is 52.0. The topological polar surface area (TPSA) is 231 Å². The summed E-state index contributed by atoms with van der Waals surface area (Å²) < 4.78 is 97.0. The van der Waals surface area contributed by atoms with Crippen molar-refractivity contribution in [3.8, 4) is 11.5 Å². The fraction of sp³-hybridized carbons (Fsp3) is 0.420. The van der Waals surface area contributed by atoms with Gasteiger partial charge in [0.1, 0.15) is 72.9 Å². The summed E-state index contributed by atoms with van der Waals surface area (Å²) in [7, 11) is 1.53. The minimum absolute atomic E-state index is 0.0358. The molecule has 3 fully saturated rings. The number of hydrogen-bond donors (Lipinski definition) is 2. The normalized spacial score (nSPS) is 26.2. The Morgan fingerprint density at radius 1 is 0.452 bits per heavy atom. The molecule has 3 heterocycles. The number of benzene rings is 6. The van der Waals surface area contributed by atoms with E-state index in [1.54, 1.807) is 24.3 Å². The van der Waals surface area contributed by atoms with E-state index in [0.717, 1.165) is 41.7 Å². The number of esters is 2. The number of methoxy groups -OCH3 is 1. The molecule has 0 radical (unpaired) electrons. The molecule has 21 nitrogen and oxygen atoms in total. The minimum atomic E-state index is -2.08. The Balaban J connectivity index is 1.19. The molecular formula is C69H77Cl3N2O19. The summed E-state index contributed by atoms with van der Waals surface area (Å²) >= 11 is 18.2. The predicted octanol–water partition coefficient (Wildman–Crippen LogP) is 10.1. The van der Waals surface area contributed by atoms with Gasteiger partial charge in [0, 0.05) is 20.8 Å². The van der Waals surface area contributed by atoms with E-state index in [-0.39, 0.29) is 46.2 Å². The lowest BCUT2D eigenvalue weighted by atomic mass is 9.93. The number of hydrogen-bond acceptors (Lipinski definition) is 19. The number of ether oxygens (including phenoxy) is 15. The number of amides is 2. The smallest absolute Gasteiger partial charge is 0.407 e. The molecule has 0 saturated carbocycles. The first-order valence-electron chi connectivity index (χ1n) is 30.4. The van der Waals surface area contributed by atoms with Gasteiger partial charge in [-0.3, -0.25) is 14.4 Å². The lowest BCUT2D eigenvalue weighted by molar-refractivity contribution is -0.369. The summed E-state index contributed by atoms with van der Waals surface area (Å²) in [5.41, 5.74) is 4.16. The molecule has 93 heavy (non-hydrogen) atoms. The largest absolute Gasteiger partial charge is 0.497 e. The SMILES string of the molecule is COc1ccc(O[C@@H]2O[C@H](COCc3ccccc3)[C@@H](O[C@@H]3O[C@H](COCc4ccccc4)[C@H](OC(C)=O)[C@H](OC(C)=O)[C@H]3NC(=O)OCC(Cl)(Cl)Cl)[C@H](O[C@@H]3O[C@@H](C)[C@@H](OCc4ccccc4)[C@@H](OCc4ccccc4)[C@@H]3OCc3ccccc3)[C@H]2NC(C)=O)cc1. The van der Waals surface area contributed by atoms with Crippen LogP contribution in [0.5, 0.6) is 11.5 Å². The molecule has 0 bridgehead atoms. The van der Waals surface area contributed by atoms with Gasteiger partial charge in [0.25, 0.3) is 0 Å². The van der Waals surface area contributed by atoms with E-state index in [1.807, 2.05) is 159 Å². The van der Waals surface area contributed by atoms with Gasteiger partial charge in [0.2, 0.25) is 16.0 Å². The van der Waals surface area contributed by atoms with Gasteiger partial charge in [-0.25, -0.2) is 4.79 Å². The van der Waals surface area contributed by atoms with Gasteiger partial charge >= 0.3 is 18.0 Å². The highest BCUT2D eigenvalue weighted by molar-refractivity contribution is 6.67. The fourth-order valence-corrected chi connectivity index (χ4v) is 11.1. The quantitative estimate of drug-likeness (QED) is 0.0253. The first-order valence-corrected chi connectivity index (χ1v) is 31.5. The van der Waals surface area contributed by atoms with Crippen molar-refractivity contribution in [2.45, 2.75) is 157 Å². The molecule has 0 spiro atoms. The van der Waals surface area contributed by atoms with Crippen LogP contribution in [0.3, 0.4) is 0 Å². The summed E-state index contributed by atoms with van der Waals surface area (Å²) in [6.45, 7) is 4.56. The van der Waals surface area contributed by atoms with Crippen LogP contribution in [0.1, 0.15) is 55.5 Å². The summed E-state index contributed by atoms with van der Waals surface area (Å²) in [5.74, 6) is -1.38. The van der Waals surface area contributed by atoms with Crippen molar-refractivity contribution < 1.29 is 90.2 Å². The van der Waals surface area contributed by atoms with Crippen molar-refractivity contribution in [2.75, 3.05) is 26.9 Å². The molecule has 9 rings (SSSR count). The summed E-state index contributed by atoms with van der Waals surface area (Å²) in [6, 6.07) is 51.1. The molecule has 0 aliphatic carbocycles. The molecule has 6 aromatic rings. The summed E-state index contributed by atoms with van der Waals surface area (Å²) in [5, 5.41) is 5.72. The molecule has 0 aromatic heterocycles. The Morgan fingerprint density at radius 2 is 0.871 bits per heavy atom. The fourth-order valence-electron chi connectivity index (χ4n) is 11.0. The maximum absolute atomic E-state index is 14.1. The predicted molar refractivity (Wildman–Crippen MR) is 340 cm³/mol. The molecule has 2 amide bonds. The van der Waals surface area contributed by atoms with E-state index in [2.05, 4.69) is 10.6 Å². The standard InChI is InChI=1S/C69H77Cl3N2O19/c1-43-58(82-37-49-25-15-8-16-26-49)63(83-38-50-27-17-9-18-28-50)64(84-39-51-29-19-10-20-30-51)67(86-43)93-62-56(73-44(2)75)65(89-53-33-31-52(79-5)32-34-53)90-55(41-81-36-48-23-13-7-14-24-48)60(62)92-66-57(74-68(78)85-42-69(70,71)72)61(88-46(4)77)59(87-45(3)76)54(91-66)40-80-35-47-21-11-6-12-22-47/h6-34,43,54-67H,35-42H2,1-5H3,(H,73,75)(H,74,78)/t43-,54+,55+,56+,57+,58+,59-,60+,61+,62+,63+,64-,65+,66-,67-/m0/s1. The molecule has 2 N–H and O–H groups in total. The summed E-state index contributed by atoms with van der Waals surface area (Å²) in [4.78, 5) is 54.7. The monoisotopic (exact) mass is 1340 g/mol. The van der Waals surface area contributed by atoms with Crippen molar-refractivity contribution in [1.29, 1.82) is 0 Å². The Bertz CT molecular complexity index is 3240. The zero-order valence-corrected chi connectivity index (χ0v) is 54.2. The number of rotatable bonds is 29. The van der Waals surface area contributed by atoms with Crippen LogP contribution in [0.4, 0.5) is 4.79 Å². The Hall–Kier alpha value is -6.93. The number of carbonyl (C=O) groups excluding carboxylic acids is 4. The van der Waals surface area contributed by atoms with Crippen LogP contribution < -0.4 is 20.1 Å². The van der Waals surface area contributed by atoms with Crippen molar-refractivity contribution >= 4 is 58.7 Å². The van der Waals surface area contributed by atoms with Crippen LogP contribution >= 0.6 is 34.8 Å². The van der Waals surface area contributed by atoms with Gasteiger partial charge in [0.05, 0.1) is 59.5 Å². The molecule has 15 atom stereocenters. The summed E-state index contributed by atoms with van der Waals surface area (Å²) in [6.07, 6.45) is -18.2. The van der Waals surface area contributed by atoms with E-state index in [9.17, 15) is 19.2 Å².